The van der Waals surface area contributed by atoms with Gasteiger partial charge in [0.15, 0.2) is 0 Å². The zero-order chi connectivity index (χ0) is 16.3. The molecule has 0 radical (unpaired) electrons. The van der Waals surface area contributed by atoms with E-state index in [2.05, 4.69) is 5.10 Å². The maximum atomic E-state index is 12.8. The number of nitrogens with zero attached hydrogens (tertiary/aromatic N) is 3. The molecule has 0 unspecified atom stereocenters. The van der Waals surface area contributed by atoms with Gasteiger partial charge in [-0.3, -0.25) is 4.68 Å². The van der Waals surface area contributed by atoms with E-state index >= 15 is 0 Å². The van der Waals surface area contributed by atoms with Crippen LogP contribution >= 0.6 is 0 Å². The molecule has 1 fully saturated rings. The summed E-state index contributed by atoms with van der Waals surface area (Å²) in [6, 6.07) is 0. The smallest absolute Gasteiger partial charge is 0.246 e. The summed E-state index contributed by atoms with van der Waals surface area (Å²) >= 11 is 0. The van der Waals surface area contributed by atoms with Crippen molar-refractivity contribution in [2.75, 3.05) is 33.4 Å². The van der Waals surface area contributed by atoms with Crippen LogP contribution in [0, 0.1) is 13.8 Å². The molecule has 0 N–H and O–H groups in total. The molecular weight excluding hydrogens is 306 g/mol. The molecule has 0 atom stereocenters. The van der Waals surface area contributed by atoms with Crippen molar-refractivity contribution in [2.24, 2.45) is 7.05 Å². The summed E-state index contributed by atoms with van der Waals surface area (Å²) in [5.74, 6) is 0. The number of hydrogen-bond donors (Lipinski definition) is 0. The van der Waals surface area contributed by atoms with Crippen LogP contribution in [-0.4, -0.2) is 62.0 Å². The number of ether oxygens (including phenoxy) is 2. The van der Waals surface area contributed by atoms with Crippen molar-refractivity contribution in [3.05, 3.63) is 11.4 Å². The molecule has 1 aliphatic heterocycles. The Morgan fingerprint density at radius 2 is 1.86 bits per heavy atom. The van der Waals surface area contributed by atoms with Crippen molar-refractivity contribution in [3.8, 4) is 0 Å². The number of aromatic nitrogens is 2. The van der Waals surface area contributed by atoms with E-state index in [1.165, 1.54) is 0 Å². The van der Waals surface area contributed by atoms with Gasteiger partial charge in [0.25, 0.3) is 0 Å². The van der Waals surface area contributed by atoms with Crippen LogP contribution in [0.5, 0.6) is 0 Å². The normalized spacial score (nSPS) is 18.0. The molecule has 1 aromatic rings. The van der Waals surface area contributed by atoms with Crippen LogP contribution in [-0.2, 0) is 26.5 Å². The molecule has 0 amide bonds. The Hall–Kier alpha value is -0.960. The molecule has 0 saturated carbocycles. The highest BCUT2D eigenvalue weighted by atomic mass is 32.2. The first kappa shape index (κ1) is 17.4. The zero-order valence-electron chi connectivity index (χ0n) is 13.7. The lowest BCUT2D eigenvalue weighted by Gasteiger charge is -2.31. The van der Waals surface area contributed by atoms with Crippen molar-refractivity contribution >= 4 is 10.0 Å². The predicted octanol–water partition coefficient (Wildman–Crippen LogP) is 0.853. The molecule has 7 nitrogen and oxygen atoms in total. The molecule has 2 rings (SSSR count). The lowest BCUT2D eigenvalue weighted by atomic mass is 10.1. The molecule has 0 bridgehead atoms. The van der Waals surface area contributed by atoms with Crippen molar-refractivity contribution in [2.45, 2.75) is 37.7 Å². The summed E-state index contributed by atoms with van der Waals surface area (Å²) in [5.41, 5.74) is 1.23. The van der Waals surface area contributed by atoms with Gasteiger partial charge in [-0.1, -0.05) is 0 Å². The first-order valence-corrected chi connectivity index (χ1v) is 8.92. The third kappa shape index (κ3) is 3.51. The van der Waals surface area contributed by atoms with Crippen molar-refractivity contribution in [1.29, 1.82) is 0 Å². The summed E-state index contributed by atoms with van der Waals surface area (Å²) in [4.78, 5) is 0.341. The first-order valence-electron chi connectivity index (χ1n) is 7.48. The van der Waals surface area contributed by atoms with Crippen LogP contribution in [0.15, 0.2) is 4.90 Å². The molecule has 0 spiro atoms. The van der Waals surface area contributed by atoms with E-state index in [0.717, 1.165) is 0 Å². The Balaban J connectivity index is 2.04. The first-order chi connectivity index (χ1) is 10.4. The maximum Gasteiger partial charge on any atom is 0.246 e. The number of piperidine rings is 1. The highest BCUT2D eigenvalue weighted by molar-refractivity contribution is 7.89. The predicted molar refractivity (Wildman–Crippen MR) is 82.3 cm³/mol. The minimum atomic E-state index is -3.48. The van der Waals surface area contributed by atoms with Crippen LogP contribution in [0.2, 0.25) is 0 Å². The summed E-state index contributed by atoms with van der Waals surface area (Å²) in [7, 11) is -0.0842. The third-order valence-corrected chi connectivity index (χ3v) is 6.23. The number of rotatable bonds is 6. The van der Waals surface area contributed by atoms with E-state index in [9.17, 15) is 8.42 Å². The molecule has 2 heterocycles. The lowest BCUT2D eigenvalue weighted by molar-refractivity contribution is -0.00502. The van der Waals surface area contributed by atoms with Gasteiger partial charge in [-0.2, -0.15) is 9.40 Å². The fourth-order valence-electron chi connectivity index (χ4n) is 2.79. The van der Waals surface area contributed by atoms with Crippen LogP contribution in [0.25, 0.3) is 0 Å². The molecule has 8 heteroatoms. The molecule has 0 aromatic carbocycles. The maximum absolute atomic E-state index is 12.8. The van der Waals surface area contributed by atoms with Gasteiger partial charge >= 0.3 is 0 Å². The molecule has 126 valence electrons. The Bertz CT molecular complexity index is 604. The second-order valence-corrected chi connectivity index (χ2v) is 7.47. The molecule has 22 heavy (non-hydrogen) atoms. The van der Waals surface area contributed by atoms with Gasteiger partial charge < -0.3 is 9.47 Å². The van der Waals surface area contributed by atoms with E-state index in [-0.39, 0.29) is 6.10 Å². The van der Waals surface area contributed by atoms with E-state index in [1.54, 1.807) is 37.0 Å². The van der Waals surface area contributed by atoms with E-state index in [4.69, 9.17) is 9.47 Å². The average molecular weight is 331 g/mol. The minimum Gasteiger partial charge on any atom is -0.382 e. The summed E-state index contributed by atoms with van der Waals surface area (Å²) in [5, 5.41) is 4.21. The Labute approximate surface area is 132 Å². The largest absolute Gasteiger partial charge is 0.382 e. The summed E-state index contributed by atoms with van der Waals surface area (Å²) in [6.45, 7) is 5.59. The quantitative estimate of drug-likeness (QED) is 0.723. The minimum absolute atomic E-state index is 0.109. The highest BCUT2D eigenvalue weighted by Crippen LogP contribution is 2.26. The zero-order valence-corrected chi connectivity index (χ0v) is 14.5. The second-order valence-electron chi connectivity index (χ2n) is 5.59. The van der Waals surface area contributed by atoms with Gasteiger partial charge in [0.1, 0.15) is 4.90 Å². The van der Waals surface area contributed by atoms with Gasteiger partial charge in [-0.05, 0) is 26.7 Å². The van der Waals surface area contributed by atoms with E-state index in [1.807, 2.05) is 0 Å². The van der Waals surface area contributed by atoms with Crippen LogP contribution in [0.4, 0.5) is 0 Å². The highest BCUT2D eigenvalue weighted by Gasteiger charge is 2.33. The second kappa shape index (κ2) is 7.08. The summed E-state index contributed by atoms with van der Waals surface area (Å²) < 4.78 is 39.4. The van der Waals surface area contributed by atoms with Crippen LogP contribution < -0.4 is 0 Å². The monoisotopic (exact) mass is 331 g/mol. The van der Waals surface area contributed by atoms with E-state index in [0.29, 0.717) is 55.4 Å². The van der Waals surface area contributed by atoms with Crippen LogP contribution in [0.1, 0.15) is 24.2 Å². The molecule has 1 aliphatic rings. The number of aryl methyl sites for hydroxylation is 2. The lowest BCUT2D eigenvalue weighted by Crippen LogP contribution is -2.41. The average Bonchev–Trinajstić information content (AvgIpc) is 2.73. The number of hydrogen-bond acceptors (Lipinski definition) is 5. The van der Waals surface area contributed by atoms with Gasteiger partial charge in [0.2, 0.25) is 10.0 Å². The van der Waals surface area contributed by atoms with Gasteiger partial charge in [-0.15, -0.1) is 0 Å². The van der Waals surface area contributed by atoms with Gasteiger partial charge in [0, 0.05) is 27.2 Å². The number of sulfonamides is 1. The van der Waals surface area contributed by atoms with Gasteiger partial charge in [0.05, 0.1) is 30.7 Å². The van der Waals surface area contributed by atoms with Crippen LogP contribution in [0.3, 0.4) is 0 Å². The molecule has 1 saturated heterocycles. The van der Waals surface area contributed by atoms with Crippen molar-refractivity contribution < 1.29 is 17.9 Å². The third-order valence-electron chi connectivity index (χ3n) is 4.08. The van der Waals surface area contributed by atoms with Gasteiger partial charge in [-0.25, -0.2) is 8.42 Å². The van der Waals surface area contributed by atoms with E-state index < -0.39 is 10.0 Å². The SMILES string of the molecule is COCCOC1CCN(S(=O)(=O)c2c(C)nn(C)c2C)CC1. The molecule has 0 aliphatic carbocycles. The molecule has 1 aromatic heterocycles. The Morgan fingerprint density at radius 1 is 1.23 bits per heavy atom. The summed E-state index contributed by atoms with van der Waals surface area (Å²) in [6.07, 6.45) is 1.53. The fourth-order valence-corrected chi connectivity index (χ4v) is 4.66. The fraction of sp³-hybridized carbons (Fsp3) is 0.786. The standard InChI is InChI=1S/C14H25N3O4S/c1-11-14(12(2)16(3)15-11)22(18,19)17-7-5-13(6-8-17)21-10-9-20-4/h13H,5-10H2,1-4H3. The topological polar surface area (TPSA) is 73.7 Å². The number of methoxy groups -OCH3 is 1. The van der Waals surface area contributed by atoms with Crippen molar-refractivity contribution in [3.63, 3.8) is 0 Å². The Morgan fingerprint density at radius 3 is 2.36 bits per heavy atom. The molecular formula is C14H25N3O4S. The van der Waals surface area contributed by atoms with Crippen molar-refractivity contribution in [1.82, 2.24) is 14.1 Å². The Kier molecular flexibility index (Phi) is 5.60.